The van der Waals surface area contributed by atoms with Crippen molar-refractivity contribution in [2.24, 2.45) is 0 Å². The first-order valence-electron chi connectivity index (χ1n) is 8.37. The van der Waals surface area contributed by atoms with Gasteiger partial charge in [-0.25, -0.2) is 19.0 Å². The van der Waals surface area contributed by atoms with Gasteiger partial charge in [0.05, 0.1) is 28.2 Å². The summed E-state index contributed by atoms with van der Waals surface area (Å²) in [6.45, 7) is 3.54. The van der Waals surface area contributed by atoms with Crippen LogP contribution in [0.3, 0.4) is 0 Å². The number of hydrogen-bond donors (Lipinski definition) is 1. The van der Waals surface area contributed by atoms with Crippen molar-refractivity contribution in [1.29, 1.82) is 0 Å². The molecule has 0 aliphatic rings. The molecule has 0 radical (unpaired) electrons. The van der Waals surface area contributed by atoms with Crippen LogP contribution in [-0.4, -0.2) is 36.1 Å². The van der Waals surface area contributed by atoms with E-state index in [9.17, 15) is 9.18 Å². The summed E-state index contributed by atoms with van der Waals surface area (Å²) in [4.78, 5) is 21.0. The first-order chi connectivity index (χ1) is 13.5. The zero-order valence-corrected chi connectivity index (χ0v) is 15.8. The highest BCUT2D eigenvalue weighted by Gasteiger charge is 2.20. The van der Waals surface area contributed by atoms with E-state index in [4.69, 9.17) is 4.52 Å². The fraction of sp³-hybridized carbons (Fsp3) is 0.167. The molecule has 0 bridgehead atoms. The second-order valence-electron chi connectivity index (χ2n) is 6.03. The number of anilines is 1. The number of benzene rings is 1. The molecule has 0 saturated heterocycles. The Kier molecular flexibility index (Phi) is 4.78. The van der Waals surface area contributed by atoms with Gasteiger partial charge in [-0.3, -0.25) is 10.1 Å². The quantitative estimate of drug-likeness (QED) is 0.406. The van der Waals surface area contributed by atoms with Crippen molar-refractivity contribution in [3.8, 4) is 5.69 Å². The number of amides is 1. The summed E-state index contributed by atoms with van der Waals surface area (Å²) >= 11 is 1.28. The number of nitrogens with zero attached hydrogens (tertiary/aromatic N) is 5. The van der Waals surface area contributed by atoms with Crippen LogP contribution < -0.4 is 5.32 Å². The Bertz CT molecular complexity index is 1140. The Hall–Kier alpha value is -3.27. The van der Waals surface area contributed by atoms with Crippen LogP contribution in [0.5, 0.6) is 0 Å². The number of rotatable bonds is 5. The standard InChI is InChI=1S/C18H15FN6O2S/c1-10-7-15(27-24-10)23-17(26)11(2)28-18-14-8-22-25(16(14)20-9-21-18)13-5-3-12(19)4-6-13/h3-9,11H,1-2H3,(H,23,26). The van der Waals surface area contributed by atoms with Crippen molar-refractivity contribution in [3.05, 3.63) is 54.4 Å². The summed E-state index contributed by atoms with van der Waals surface area (Å²) in [5.41, 5.74) is 1.93. The van der Waals surface area contributed by atoms with Crippen molar-refractivity contribution in [1.82, 2.24) is 24.9 Å². The number of hydrogen-bond acceptors (Lipinski definition) is 7. The van der Waals surface area contributed by atoms with Crippen molar-refractivity contribution in [2.75, 3.05) is 5.32 Å². The SMILES string of the molecule is Cc1cc(NC(=O)C(C)Sc2ncnc3c2cnn3-c2ccc(F)cc2)on1. The molecule has 3 aromatic heterocycles. The van der Waals surface area contributed by atoms with Crippen LogP contribution in [0.1, 0.15) is 12.6 Å². The summed E-state index contributed by atoms with van der Waals surface area (Å²) < 4.78 is 19.8. The van der Waals surface area contributed by atoms with Crippen LogP contribution in [-0.2, 0) is 4.79 Å². The normalized spacial score (nSPS) is 12.2. The molecule has 4 aromatic rings. The monoisotopic (exact) mass is 398 g/mol. The fourth-order valence-corrected chi connectivity index (χ4v) is 3.43. The molecular weight excluding hydrogens is 383 g/mol. The highest BCUT2D eigenvalue weighted by Crippen LogP contribution is 2.29. The Balaban J connectivity index is 1.57. The molecule has 0 aliphatic carbocycles. The van der Waals surface area contributed by atoms with Gasteiger partial charge in [-0.15, -0.1) is 0 Å². The van der Waals surface area contributed by atoms with Gasteiger partial charge in [-0.1, -0.05) is 16.9 Å². The van der Waals surface area contributed by atoms with Gasteiger partial charge in [-0.05, 0) is 38.1 Å². The average Bonchev–Trinajstić information content (AvgIpc) is 3.29. The van der Waals surface area contributed by atoms with Gasteiger partial charge in [0.15, 0.2) is 5.65 Å². The number of aromatic nitrogens is 5. The van der Waals surface area contributed by atoms with E-state index in [1.54, 1.807) is 42.9 Å². The molecule has 4 rings (SSSR count). The maximum atomic E-state index is 13.2. The lowest BCUT2D eigenvalue weighted by Crippen LogP contribution is -2.22. The van der Waals surface area contributed by atoms with Gasteiger partial charge in [-0.2, -0.15) is 5.10 Å². The minimum atomic E-state index is -0.447. The zero-order chi connectivity index (χ0) is 19.7. The van der Waals surface area contributed by atoms with E-state index in [2.05, 4.69) is 25.5 Å². The molecule has 0 aliphatic heterocycles. The fourth-order valence-electron chi connectivity index (χ4n) is 2.55. The van der Waals surface area contributed by atoms with Crippen LogP contribution in [0.15, 0.2) is 52.4 Å². The minimum absolute atomic E-state index is 0.237. The molecule has 28 heavy (non-hydrogen) atoms. The third-order valence-corrected chi connectivity index (χ3v) is 5.05. The number of fused-ring (bicyclic) bond motifs is 1. The van der Waals surface area contributed by atoms with Gasteiger partial charge in [0.1, 0.15) is 17.2 Å². The summed E-state index contributed by atoms with van der Waals surface area (Å²) in [7, 11) is 0. The number of halogens is 1. The number of thioether (sulfide) groups is 1. The van der Waals surface area contributed by atoms with E-state index in [1.807, 2.05) is 0 Å². The zero-order valence-electron chi connectivity index (χ0n) is 15.0. The summed E-state index contributed by atoms with van der Waals surface area (Å²) in [6.07, 6.45) is 3.04. The van der Waals surface area contributed by atoms with E-state index < -0.39 is 5.25 Å². The maximum Gasteiger partial charge on any atom is 0.240 e. The van der Waals surface area contributed by atoms with Crippen molar-refractivity contribution >= 4 is 34.6 Å². The lowest BCUT2D eigenvalue weighted by atomic mass is 10.3. The first kappa shape index (κ1) is 18.1. The highest BCUT2D eigenvalue weighted by atomic mass is 32.2. The predicted molar refractivity (Wildman–Crippen MR) is 102 cm³/mol. The van der Waals surface area contributed by atoms with Crippen LogP contribution >= 0.6 is 11.8 Å². The predicted octanol–water partition coefficient (Wildman–Crippen LogP) is 3.37. The van der Waals surface area contributed by atoms with Crippen molar-refractivity contribution in [3.63, 3.8) is 0 Å². The molecule has 10 heteroatoms. The van der Waals surface area contributed by atoms with Crippen LogP contribution in [0.4, 0.5) is 10.3 Å². The largest absolute Gasteiger partial charge is 0.338 e. The van der Waals surface area contributed by atoms with E-state index in [0.29, 0.717) is 33.3 Å². The first-order valence-corrected chi connectivity index (χ1v) is 9.25. The molecule has 1 amide bonds. The van der Waals surface area contributed by atoms with Crippen molar-refractivity contribution in [2.45, 2.75) is 24.1 Å². The molecule has 1 unspecified atom stereocenters. The molecule has 142 valence electrons. The summed E-state index contributed by atoms with van der Waals surface area (Å²) in [5.74, 6) is -0.265. The van der Waals surface area contributed by atoms with E-state index >= 15 is 0 Å². The molecule has 8 nitrogen and oxygen atoms in total. The van der Waals surface area contributed by atoms with Gasteiger partial charge in [0.25, 0.3) is 0 Å². The minimum Gasteiger partial charge on any atom is -0.338 e. The topological polar surface area (TPSA) is 98.7 Å². The van der Waals surface area contributed by atoms with Crippen LogP contribution in [0.2, 0.25) is 0 Å². The smallest absolute Gasteiger partial charge is 0.240 e. The third-order valence-electron chi connectivity index (χ3n) is 3.93. The van der Waals surface area contributed by atoms with Gasteiger partial charge in [0.2, 0.25) is 11.8 Å². The highest BCUT2D eigenvalue weighted by molar-refractivity contribution is 8.00. The Morgan fingerprint density at radius 3 is 2.79 bits per heavy atom. The molecule has 0 saturated carbocycles. The molecule has 1 aromatic carbocycles. The molecule has 0 spiro atoms. The molecular formula is C18H15FN6O2S. The van der Waals surface area contributed by atoms with Gasteiger partial charge in [0, 0.05) is 6.07 Å². The van der Waals surface area contributed by atoms with Gasteiger partial charge < -0.3 is 4.52 Å². The lowest BCUT2D eigenvalue weighted by molar-refractivity contribution is -0.115. The van der Waals surface area contributed by atoms with E-state index in [1.165, 1.54) is 30.2 Å². The molecule has 0 fully saturated rings. The van der Waals surface area contributed by atoms with Crippen LogP contribution in [0, 0.1) is 12.7 Å². The number of carbonyl (C=O) groups is 1. The second kappa shape index (κ2) is 7.39. The van der Waals surface area contributed by atoms with E-state index in [0.717, 1.165) is 0 Å². The summed E-state index contributed by atoms with van der Waals surface area (Å²) in [6, 6.07) is 7.60. The molecule has 1 N–H and O–H groups in total. The Labute approximate surface area is 163 Å². The maximum absolute atomic E-state index is 13.2. The molecule has 1 atom stereocenters. The number of aryl methyl sites for hydroxylation is 1. The average molecular weight is 398 g/mol. The summed E-state index contributed by atoms with van der Waals surface area (Å²) in [5, 5.41) is 11.6. The van der Waals surface area contributed by atoms with E-state index in [-0.39, 0.29) is 11.7 Å². The Morgan fingerprint density at radius 2 is 2.07 bits per heavy atom. The van der Waals surface area contributed by atoms with Crippen molar-refractivity contribution < 1.29 is 13.7 Å². The van der Waals surface area contributed by atoms with Crippen LogP contribution in [0.25, 0.3) is 16.7 Å². The number of nitrogens with one attached hydrogen (secondary N) is 1. The third kappa shape index (κ3) is 3.58. The number of carbonyl (C=O) groups excluding carboxylic acids is 1. The van der Waals surface area contributed by atoms with Gasteiger partial charge >= 0.3 is 0 Å². The second-order valence-corrected chi connectivity index (χ2v) is 7.36. The lowest BCUT2D eigenvalue weighted by Gasteiger charge is -2.10. The molecule has 3 heterocycles. The Morgan fingerprint density at radius 1 is 1.29 bits per heavy atom.